The van der Waals surface area contributed by atoms with Crippen LogP contribution in [0, 0.1) is 18.4 Å². The van der Waals surface area contributed by atoms with Gasteiger partial charge in [-0.1, -0.05) is 36.0 Å². The summed E-state index contributed by atoms with van der Waals surface area (Å²) >= 11 is 1.44. The number of nitriles is 1. The molecule has 0 aromatic heterocycles. The maximum Gasteiger partial charge on any atom is 0.183 e. The van der Waals surface area contributed by atoms with E-state index >= 15 is 0 Å². The number of aliphatic imine (C=N–C) groups is 1. The Morgan fingerprint density at radius 1 is 1.53 bits per heavy atom. The molecule has 0 saturated carbocycles. The van der Waals surface area contributed by atoms with E-state index in [1.54, 1.807) is 0 Å². The number of benzene rings is 1. The van der Waals surface area contributed by atoms with Gasteiger partial charge in [0.25, 0.3) is 0 Å². The smallest absolute Gasteiger partial charge is 0.183 e. The first-order valence-electron chi connectivity index (χ1n) is 4.56. The lowest BCUT2D eigenvalue weighted by molar-refractivity contribution is 1.04. The summed E-state index contributed by atoms with van der Waals surface area (Å²) in [5.41, 5.74) is 2.41. The van der Waals surface area contributed by atoms with Gasteiger partial charge in [0.05, 0.1) is 6.54 Å². The molecule has 1 rings (SSSR count). The molecule has 0 saturated heterocycles. The van der Waals surface area contributed by atoms with Crippen LogP contribution >= 0.6 is 11.8 Å². The topological polar surface area (TPSA) is 48.2 Å². The van der Waals surface area contributed by atoms with Crippen molar-refractivity contribution in [3.63, 3.8) is 0 Å². The second-order valence-electron chi connectivity index (χ2n) is 2.99. The van der Waals surface area contributed by atoms with Gasteiger partial charge >= 0.3 is 0 Å². The molecule has 0 fully saturated rings. The molecule has 1 aromatic carbocycles. The molecule has 0 amide bonds. The summed E-state index contributed by atoms with van der Waals surface area (Å²) in [7, 11) is 0. The Morgan fingerprint density at radius 3 is 2.87 bits per heavy atom. The van der Waals surface area contributed by atoms with Crippen molar-refractivity contribution in [2.24, 2.45) is 4.99 Å². The van der Waals surface area contributed by atoms with Crippen LogP contribution < -0.4 is 5.32 Å². The van der Waals surface area contributed by atoms with E-state index in [-0.39, 0.29) is 0 Å². The molecule has 3 nitrogen and oxygen atoms in total. The van der Waals surface area contributed by atoms with Crippen LogP contribution in [-0.2, 0) is 6.54 Å². The van der Waals surface area contributed by atoms with Gasteiger partial charge in [-0.15, -0.1) is 0 Å². The van der Waals surface area contributed by atoms with Gasteiger partial charge in [-0.25, -0.2) is 0 Å². The molecule has 0 radical (unpaired) electrons. The van der Waals surface area contributed by atoms with Gasteiger partial charge in [0.15, 0.2) is 11.4 Å². The van der Waals surface area contributed by atoms with Crippen LogP contribution in [0.1, 0.15) is 11.1 Å². The molecule has 4 heteroatoms. The predicted molar refractivity (Wildman–Crippen MR) is 64.6 cm³/mol. The quantitative estimate of drug-likeness (QED) is 0.359. The number of aryl methyl sites for hydroxylation is 1. The van der Waals surface area contributed by atoms with Crippen molar-refractivity contribution in [1.29, 1.82) is 5.26 Å². The minimum atomic E-state index is 0.609. The molecule has 0 unspecified atom stereocenters. The minimum Gasteiger partial charge on any atom is -0.272 e. The first-order valence-corrected chi connectivity index (χ1v) is 5.78. The molecule has 0 aliphatic heterocycles. The molecule has 0 atom stereocenters. The van der Waals surface area contributed by atoms with Gasteiger partial charge in [0.2, 0.25) is 0 Å². The number of nitrogens with one attached hydrogen (secondary N) is 1. The molecule has 78 valence electrons. The zero-order valence-electron chi connectivity index (χ0n) is 8.82. The monoisotopic (exact) mass is 219 g/mol. The average Bonchev–Trinajstić information content (AvgIpc) is 2.26. The number of amidine groups is 1. The van der Waals surface area contributed by atoms with Crippen molar-refractivity contribution in [1.82, 2.24) is 5.32 Å². The van der Waals surface area contributed by atoms with E-state index in [0.717, 1.165) is 0 Å². The van der Waals surface area contributed by atoms with E-state index in [9.17, 15) is 0 Å². The van der Waals surface area contributed by atoms with Crippen molar-refractivity contribution >= 4 is 16.9 Å². The fraction of sp³-hybridized carbons (Fsp3) is 0.273. The first-order chi connectivity index (χ1) is 7.27. The zero-order valence-corrected chi connectivity index (χ0v) is 9.64. The molecule has 0 spiro atoms. The van der Waals surface area contributed by atoms with Crippen molar-refractivity contribution in [2.75, 3.05) is 6.26 Å². The Bertz CT molecular complexity index is 393. The molecule has 1 N–H and O–H groups in total. The number of hydrogen-bond donors (Lipinski definition) is 1. The highest BCUT2D eigenvalue weighted by molar-refractivity contribution is 8.13. The Kier molecular flexibility index (Phi) is 4.72. The second-order valence-corrected chi connectivity index (χ2v) is 3.78. The van der Waals surface area contributed by atoms with Crippen LogP contribution in [0.2, 0.25) is 0 Å². The van der Waals surface area contributed by atoms with E-state index in [4.69, 9.17) is 5.26 Å². The van der Waals surface area contributed by atoms with E-state index in [1.807, 2.05) is 30.6 Å². The van der Waals surface area contributed by atoms with Gasteiger partial charge in [-0.3, -0.25) is 10.3 Å². The lowest BCUT2D eigenvalue weighted by Gasteiger charge is -2.03. The number of nitrogens with zero attached hydrogens (tertiary/aromatic N) is 2. The number of thioether (sulfide) groups is 1. The third-order valence-corrected chi connectivity index (χ3v) is 2.63. The predicted octanol–water partition coefficient (Wildman–Crippen LogP) is 2.28. The van der Waals surface area contributed by atoms with Crippen molar-refractivity contribution < 1.29 is 0 Å². The highest BCUT2D eigenvalue weighted by Gasteiger charge is 1.97. The fourth-order valence-corrected chi connectivity index (χ4v) is 1.49. The van der Waals surface area contributed by atoms with E-state index < -0.39 is 0 Å². The van der Waals surface area contributed by atoms with E-state index in [1.165, 1.54) is 22.9 Å². The summed E-state index contributed by atoms with van der Waals surface area (Å²) in [4.78, 5) is 4.31. The Morgan fingerprint density at radius 2 is 2.27 bits per heavy atom. The SMILES string of the molecule is CSC(=NCc1ccccc1C)NC#N. The summed E-state index contributed by atoms with van der Waals surface area (Å²) in [6.07, 6.45) is 3.76. The van der Waals surface area contributed by atoms with Crippen molar-refractivity contribution in [3.05, 3.63) is 35.4 Å². The van der Waals surface area contributed by atoms with Gasteiger partial charge in [0.1, 0.15) is 0 Å². The van der Waals surface area contributed by atoms with Crippen LogP contribution in [0.5, 0.6) is 0 Å². The summed E-state index contributed by atoms with van der Waals surface area (Å²) in [6.45, 7) is 2.67. The summed E-state index contributed by atoms with van der Waals surface area (Å²) < 4.78 is 0. The fourth-order valence-electron chi connectivity index (χ4n) is 1.15. The summed E-state index contributed by atoms with van der Waals surface area (Å²) in [5, 5.41) is 11.7. The van der Waals surface area contributed by atoms with Crippen LogP contribution in [0.25, 0.3) is 0 Å². The largest absolute Gasteiger partial charge is 0.272 e. The third-order valence-electron chi connectivity index (χ3n) is 2.01. The summed E-state index contributed by atoms with van der Waals surface area (Å²) in [5.74, 6) is 0. The Balaban J connectivity index is 2.71. The van der Waals surface area contributed by atoms with Crippen LogP contribution in [0.15, 0.2) is 29.3 Å². The van der Waals surface area contributed by atoms with E-state index in [0.29, 0.717) is 11.7 Å². The maximum atomic E-state index is 8.46. The highest BCUT2D eigenvalue weighted by atomic mass is 32.2. The molecular weight excluding hydrogens is 206 g/mol. The zero-order chi connectivity index (χ0) is 11.1. The minimum absolute atomic E-state index is 0.609. The third kappa shape index (κ3) is 3.64. The lowest BCUT2D eigenvalue weighted by Crippen LogP contribution is -2.13. The van der Waals surface area contributed by atoms with E-state index in [2.05, 4.69) is 23.3 Å². The van der Waals surface area contributed by atoms with Crippen LogP contribution in [-0.4, -0.2) is 11.4 Å². The normalized spacial score (nSPS) is 10.9. The molecule has 0 bridgehead atoms. The first kappa shape index (κ1) is 11.6. The Labute approximate surface area is 94.2 Å². The average molecular weight is 219 g/mol. The molecule has 1 aromatic rings. The number of hydrogen-bond acceptors (Lipinski definition) is 3. The lowest BCUT2D eigenvalue weighted by atomic mass is 10.1. The summed E-state index contributed by atoms with van der Waals surface area (Å²) in [6, 6.07) is 8.10. The van der Waals surface area contributed by atoms with Gasteiger partial charge < -0.3 is 0 Å². The molecule has 0 heterocycles. The molecule has 15 heavy (non-hydrogen) atoms. The van der Waals surface area contributed by atoms with Gasteiger partial charge in [0, 0.05) is 0 Å². The number of rotatable bonds is 2. The standard InChI is InChI=1S/C11H13N3S/c1-9-5-3-4-6-10(9)7-13-11(15-2)14-8-12/h3-6H,7H2,1-2H3,(H,13,14). The van der Waals surface area contributed by atoms with Crippen LogP contribution in [0.3, 0.4) is 0 Å². The van der Waals surface area contributed by atoms with Crippen molar-refractivity contribution in [3.8, 4) is 6.19 Å². The Hall–Kier alpha value is -1.47. The van der Waals surface area contributed by atoms with Crippen LogP contribution in [0.4, 0.5) is 0 Å². The molecular formula is C11H13N3S. The van der Waals surface area contributed by atoms with Crippen molar-refractivity contribution in [2.45, 2.75) is 13.5 Å². The maximum absolute atomic E-state index is 8.46. The highest BCUT2D eigenvalue weighted by Crippen LogP contribution is 2.09. The van der Waals surface area contributed by atoms with Gasteiger partial charge in [-0.05, 0) is 24.3 Å². The van der Waals surface area contributed by atoms with Gasteiger partial charge in [-0.2, -0.15) is 5.26 Å². The molecule has 0 aliphatic rings. The molecule has 0 aliphatic carbocycles. The second kappa shape index (κ2) is 6.10.